The van der Waals surface area contributed by atoms with Gasteiger partial charge < -0.3 is 4.74 Å². The van der Waals surface area contributed by atoms with Crippen molar-refractivity contribution < 1.29 is 4.74 Å². The number of ether oxygens (including phenoxy) is 1. The zero-order valence-electron chi connectivity index (χ0n) is 11.4. The van der Waals surface area contributed by atoms with Gasteiger partial charge in [0.2, 0.25) is 0 Å². The molecule has 0 aliphatic heterocycles. The van der Waals surface area contributed by atoms with Crippen molar-refractivity contribution in [2.75, 3.05) is 7.11 Å². The maximum absolute atomic E-state index is 6.29. The van der Waals surface area contributed by atoms with E-state index in [9.17, 15) is 0 Å². The largest absolute Gasteiger partial charge is 0.497 e. The third kappa shape index (κ3) is 2.25. The second-order valence-electron chi connectivity index (χ2n) is 4.57. The van der Waals surface area contributed by atoms with Crippen LogP contribution in [0.25, 0.3) is 21.6 Å². The molecule has 0 bridgehead atoms. The highest BCUT2D eigenvalue weighted by atomic mass is 35.5. The Labute approximate surface area is 126 Å². The Morgan fingerprint density at radius 3 is 2.60 bits per heavy atom. The lowest BCUT2D eigenvalue weighted by atomic mass is 10.2. The van der Waals surface area contributed by atoms with Crippen molar-refractivity contribution in [1.82, 2.24) is 9.97 Å². The Hall–Kier alpha value is -1.65. The molecule has 102 valence electrons. The van der Waals surface area contributed by atoms with Crippen LogP contribution in [0.2, 0.25) is 5.15 Å². The van der Waals surface area contributed by atoms with E-state index in [1.165, 1.54) is 10.4 Å². The van der Waals surface area contributed by atoms with E-state index in [4.69, 9.17) is 16.3 Å². The number of nitrogens with zero attached hydrogens (tertiary/aromatic N) is 2. The van der Waals surface area contributed by atoms with Gasteiger partial charge in [-0.25, -0.2) is 9.97 Å². The molecule has 0 N–H and O–H groups in total. The van der Waals surface area contributed by atoms with Crippen LogP contribution >= 0.6 is 22.9 Å². The summed E-state index contributed by atoms with van der Waals surface area (Å²) in [5.74, 6) is 1.42. The Morgan fingerprint density at radius 2 is 1.95 bits per heavy atom. The average Bonchev–Trinajstić information content (AvgIpc) is 2.78. The van der Waals surface area contributed by atoms with Gasteiger partial charge in [-0.1, -0.05) is 11.6 Å². The SMILES string of the molecule is COc1ccc2nc(-c3cc(C)c(C)s3)nc(Cl)c2c1. The molecule has 0 fully saturated rings. The lowest BCUT2D eigenvalue weighted by Crippen LogP contribution is -1.91. The quantitative estimate of drug-likeness (QED) is 0.647. The minimum absolute atomic E-state index is 0.451. The average molecular weight is 305 g/mol. The highest BCUT2D eigenvalue weighted by Crippen LogP contribution is 2.32. The monoisotopic (exact) mass is 304 g/mol. The highest BCUT2D eigenvalue weighted by Gasteiger charge is 2.11. The molecule has 0 unspecified atom stereocenters. The molecule has 0 aliphatic rings. The number of hydrogen-bond acceptors (Lipinski definition) is 4. The number of benzene rings is 1. The van der Waals surface area contributed by atoms with Gasteiger partial charge in [0.25, 0.3) is 0 Å². The van der Waals surface area contributed by atoms with E-state index in [0.717, 1.165) is 21.5 Å². The summed E-state index contributed by atoms with van der Waals surface area (Å²) in [5.41, 5.74) is 2.07. The number of rotatable bonds is 2. The number of halogens is 1. The van der Waals surface area contributed by atoms with Crippen LogP contribution in [-0.4, -0.2) is 17.1 Å². The second-order valence-corrected chi connectivity index (χ2v) is 6.19. The number of thiophene rings is 1. The third-order valence-corrected chi connectivity index (χ3v) is 4.68. The Morgan fingerprint density at radius 1 is 1.15 bits per heavy atom. The molecule has 2 aromatic heterocycles. The van der Waals surface area contributed by atoms with E-state index in [-0.39, 0.29) is 0 Å². The molecule has 0 saturated carbocycles. The van der Waals surface area contributed by atoms with Crippen LogP contribution < -0.4 is 4.74 Å². The second kappa shape index (κ2) is 5.04. The van der Waals surface area contributed by atoms with Crippen molar-refractivity contribution in [2.45, 2.75) is 13.8 Å². The first kappa shape index (κ1) is 13.3. The highest BCUT2D eigenvalue weighted by molar-refractivity contribution is 7.15. The van der Waals surface area contributed by atoms with Gasteiger partial charge in [0.05, 0.1) is 17.5 Å². The summed E-state index contributed by atoms with van der Waals surface area (Å²) in [6.45, 7) is 4.18. The summed E-state index contributed by atoms with van der Waals surface area (Å²) < 4.78 is 5.20. The van der Waals surface area contributed by atoms with Gasteiger partial charge >= 0.3 is 0 Å². The van der Waals surface area contributed by atoms with E-state index < -0.39 is 0 Å². The van der Waals surface area contributed by atoms with Crippen molar-refractivity contribution in [1.29, 1.82) is 0 Å². The molecule has 0 saturated heterocycles. The fourth-order valence-corrected chi connectivity index (χ4v) is 3.19. The maximum atomic E-state index is 6.29. The van der Waals surface area contributed by atoms with E-state index in [1.54, 1.807) is 18.4 Å². The van der Waals surface area contributed by atoms with E-state index in [1.807, 2.05) is 18.2 Å². The first-order valence-electron chi connectivity index (χ1n) is 6.17. The number of hydrogen-bond donors (Lipinski definition) is 0. The molecule has 2 heterocycles. The molecule has 0 atom stereocenters. The standard InChI is InChI=1S/C15H13ClN2OS/c1-8-6-13(20-9(8)2)15-17-12-5-4-10(19-3)7-11(12)14(16)18-15/h4-7H,1-3H3. The lowest BCUT2D eigenvalue weighted by Gasteiger charge is -2.05. The van der Waals surface area contributed by atoms with Crippen molar-refractivity contribution in [3.05, 3.63) is 39.9 Å². The summed E-state index contributed by atoms with van der Waals surface area (Å²) in [4.78, 5) is 11.3. The molecule has 20 heavy (non-hydrogen) atoms. The molecule has 0 radical (unpaired) electrons. The van der Waals surface area contributed by atoms with Crippen LogP contribution in [0.4, 0.5) is 0 Å². The van der Waals surface area contributed by atoms with Crippen molar-refractivity contribution >= 4 is 33.8 Å². The molecule has 3 nitrogen and oxygen atoms in total. The van der Waals surface area contributed by atoms with E-state index in [2.05, 4.69) is 29.9 Å². The van der Waals surface area contributed by atoms with Gasteiger partial charge in [-0.2, -0.15) is 0 Å². The smallest absolute Gasteiger partial charge is 0.171 e. The first-order chi connectivity index (χ1) is 9.58. The van der Waals surface area contributed by atoms with Gasteiger partial charge in [0, 0.05) is 10.3 Å². The fourth-order valence-electron chi connectivity index (χ4n) is 1.99. The summed E-state index contributed by atoms with van der Waals surface area (Å²) in [7, 11) is 1.63. The molecule has 5 heteroatoms. The molecule has 0 amide bonds. The van der Waals surface area contributed by atoms with Gasteiger partial charge in [-0.15, -0.1) is 11.3 Å². The van der Waals surface area contributed by atoms with Gasteiger partial charge in [0.1, 0.15) is 10.9 Å². The van der Waals surface area contributed by atoms with Crippen LogP contribution in [-0.2, 0) is 0 Å². The topological polar surface area (TPSA) is 35.0 Å². The Balaban J connectivity index is 2.19. The van der Waals surface area contributed by atoms with Gasteiger partial charge in [0.15, 0.2) is 5.82 Å². The minimum Gasteiger partial charge on any atom is -0.497 e. The number of methoxy groups -OCH3 is 1. The first-order valence-corrected chi connectivity index (χ1v) is 7.36. The number of aryl methyl sites for hydroxylation is 2. The lowest BCUT2D eigenvalue weighted by molar-refractivity contribution is 0.415. The number of aromatic nitrogens is 2. The van der Waals surface area contributed by atoms with Crippen LogP contribution in [0.5, 0.6) is 5.75 Å². The van der Waals surface area contributed by atoms with E-state index in [0.29, 0.717) is 11.0 Å². The van der Waals surface area contributed by atoms with Crippen molar-refractivity contribution in [3.8, 4) is 16.5 Å². The van der Waals surface area contributed by atoms with E-state index >= 15 is 0 Å². The molecule has 0 spiro atoms. The molecule has 1 aromatic carbocycles. The maximum Gasteiger partial charge on any atom is 0.171 e. The van der Waals surface area contributed by atoms with Crippen LogP contribution in [0.3, 0.4) is 0 Å². The number of fused-ring (bicyclic) bond motifs is 1. The van der Waals surface area contributed by atoms with Gasteiger partial charge in [-0.3, -0.25) is 0 Å². The zero-order chi connectivity index (χ0) is 14.3. The van der Waals surface area contributed by atoms with Crippen LogP contribution in [0.1, 0.15) is 10.4 Å². The molecular weight excluding hydrogens is 292 g/mol. The molecular formula is C15H13ClN2OS. The zero-order valence-corrected chi connectivity index (χ0v) is 13.0. The van der Waals surface area contributed by atoms with Crippen molar-refractivity contribution in [3.63, 3.8) is 0 Å². The Bertz CT molecular complexity index is 778. The minimum atomic E-state index is 0.451. The van der Waals surface area contributed by atoms with Crippen LogP contribution in [0, 0.1) is 13.8 Å². The molecule has 0 aliphatic carbocycles. The Kier molecular flexibility index (Phi) is 3.36. The summed E-state index contributed by atoms with van der Waals surface area (Å²) >= 11 is 7.97. The summed E-state index contributed by atoms with van der Waals surface area (Å²) in [6, 6.07) is 7.73. The van der Waals surface area contributed by atoms with Crippen LogP contribution in [0.15, 0.2) is 24.3 Å². The predicted octanol–water partition coefficient (Wildman–Crippen LogP) is 4.64. The normalized spacial score (nSPS) is 11.0. The summed E-state index contributed by atoms with van der Waals surface area (Å²) in [6.07, 6.45) is 0. The van der Waals surface area contributed by atoms with Gasteiger partial charge in [-0.05, 0) is 43.7 Å². The van der Waals surface area contributed by atoms with Crippen molar-refractivity contribution in [2.24, 2.45) is 0 Å². The molecule has 3 rings (SSSR count). The third-order valence-electron chi connectivity index (χ3n) is 3.24. The summed E-state index contributed by atoms with van der Waals surface area (Å²) in [5, 5.41) is 1.26. The molecule has 3 aromatic rings. The predicted molar refractivity (Wildman–Crippen MR) is 83.9 cm³/mol. The fraction of sp³-hybridized carbons (Fsp3) is 0.200.